The SMILES string of the molecule is Cc1scc2nnsc12. The highest BCUT2D eigenvalue weighted by molar-refractivity contribution is 7.19. The van der Waals surface area contributed by atoms with E-state index in [-0.39, 0.29) is 0 Å². The van der Waals surface area contributed by atoms with Crippen LogP contribution >= 0.6 is 22.9 Å². The highest BCUT2D eigenvalue weighted by atomic mass is 32.1. The maximum atomic E-state index is 3.92. The Bertz CT molecular complexity index is 322. The molecule has 0 aliphatic heterocycles. The summed E-state index contributed by atoms with van der Waals surface area (Å²) in [6.45, 7) is 2.09. The number of thiophene rings is 1. The summed E-state index contributed by atoms with van der Waals surface area (Å²) < 4.78 is 5.06. The van der Waals surface area contributed by atoms with Crippen molar-refractivity contribution in [1.82, 2.24) is 9.59 Å². The highest BCUT2D eigenvalue weighted by Gasteiger charge is 2.01. The van der Waals surface area contributed by atoms with E-state index in [0.29, 0.717) is 0 Å². The molecule has 9 heavy (non-hydrogen) atoms. The van der Waals surface area contributed by atoms with Crippen LogP contribution in [0.4, 0.5) is 0 Å². The van der Waals surface area contributed by atoms with E-state index in [1.165, 1.54) is 21.1 Å². The number of rotatable bonds is 0. The van der Waals surface area contributed by atoms with Gasteiger partial charge in [-0.3, -0.25) is 0 Å². The van der Waals surface area contributed by atoms with Gasteiger partial charge < -0.3 is 0 Å². The summed E-state index contributed by atoms with van der Waals surface area (Å²) in [5, 5.41) is 5.95. The lowest BCUT2D eigenvalue weighted by molar-refractivity contribution is 1.20. The van der Waals surface area contributed by atoms with Crippen molar-refractivity contribution in [2.75, 3.05) is 0 Å². The van der Waals surface area contributed by atoms with E-state index in [2.05, 4.69) is 16.5 Å². The summed E-state index contributed by atoms with van der Waals surface area (Å²) in [6, 6.07) is 0. The van der Waals surface area contributed by atoms with E-state index in [9.17, 15) is 0 Å². The molecule has 0 saturated carbocycles. The Morgan fingerprint density at radius 1 is 1.56 bits per heavy atom. The van der Waals surface area contributed by atoms with Gasteiger partial charge >= 0.3 is 0 Å². The Labute approximate surface area is 60.3 Å². The Balaban J connectivity index is 2.99. The van der Waals surface area contributed by atoms with Crippen molar-refractivity contribution < 1.29 is 0 Å². The second-order valence-electron chi connectivity index (χ2n) is 1.78. The Hall–Kier alpha value is -0.480. The van der Waals surface area contributed by atoms with Crippen LogP contribution in [0, 0.1) is 6.92 Å². The highest BCUT2D eigenvalue weighted by Crippen LogP contribution is 2.25. The fourth-order valence-corrected chi connectivity index (χ4v) is 2.24. The smallest absolute Gasteiger partial charge is 0.116 e. The van der Waals surface area contributed by atoms with Gasteiger partial charge in [0.1, 0.15) is 5.52 Å². The molecule has 0 unspecified atom stereocenters. The average Bonchev–Trinajstić information content (AvgIpc) is 2.35. The molecule has 0 amide bonds. The molecule has 0 aliphatic carbocycles. The third kappa shape index (κ3) is 0.668. The second-order valence-corrected chi connectivity index (χ2v) is 3.62. The average molecular weight is 156 g/mol. The monoisotopic (exact) mass is 156 g/mol. The molecule has 0 aliphatic rings. The fourth-order valence-electron chi connectivity index (χ4n) is 0.717. The lowest BCUT2D eigenvalue weighted by atomic mass is 10.5. The molecule has 0 spiro atoms. The zero-order valence-corrected chi connectivity index (χ0v) is 6.42. The molecular formula is C5H4N2S2. The Morgan fingerprint density at radius 2 is 2.44 bits per heavy atom. The van der Waals surface area contributed by atoms with E-state index >= 15 is 0 Å². The molecule has 0 fully saturated rings. The fraction of sp³-hybridized carbons (Fsp3) is 0.200. The van der Waals surface area contributed by atoms with Crippen LogP contribution in [0.3, 0.4) is 0 Å². The third-order valence-corrected chi connectivity index (χ3v) is 3.07. The van der Waals surface area contributed by atoms with Crippen LogP contribution < -0.4 is 0 Å². The lowest BCUT2D eigenvalue weighted by Gasteiger charge is -1.72. The molecule has 0 aromatic carbocycles. The third-order valence-electron chi connectivity index (χ3n) is 1.18. The van der Waals surface area contributed by atoms with Crippen LogP contribution in [0.2, 0.25) is 0 Å². The molecule has 2 rings (SSSR count). The molecule has 2 nitrogen and oxygen atoms in total. The van der Waals surface area contributed by atoms with E-state index in [4.69, 9.17) is 0 Å². The van der Waals surface area contributed by atoms with Crippen LogP contribution in [0.15, 0.2) is 5.38 Å². The lowest BCUT2D eigenvalue weighted by Crippen LogP contribution is -1.57. The van der Waals surface area contributed by atoms with Gasteiger partial charge in [0.25, 0.3) is 0 Å². The zero-order chi connectivity index (χ0) is 6.27. The van der Waals surface area contributed by atoms with Gasteiger partial charge in [0.2, 0.25) is 0 Å². The van der Waals surface area contributed by atoms with Crippen molar-refractivity contribution in [2.45, 2.75) is 6.92 Å². The van der Waals surface area contributed by atoms with Gasteiger partial charge in [-0.1, -0.05) is 4.49 Å². The first-order valence-corrected chi connectivity index (χ1v) is 4.19. The van der Waals surface area contributed by atoms with Gasteiger partial charge in [0, 0.05) is 10.3 Å². The van der Waals surface area contributed by atoms with Gasteiger partial charge in [0.15, 0.2) is 0 Å². The molecule has 2 heterocycles. The Morgan fingerprint density at radius 3 is 3.22 bits per heavy atom. The zero-order valence-electron chi connectivity index (χ0n) is 4.79. The van der Waals surface area contributed by atoms with Gasteiger partial charge in [-0.2, -0.15) is 0 Å². The van der Waals surface area contributed by atoms with Crippen LogP contribution in [0.5, 0.6) is 0 Å². The minimum absolute atomic E-state index is 1.04. The van der Waals surface area contributed by atoms with E-state index in [0.717, 1.165) is 5.52 Å². The number of fused-ring (bicyclic) bond motifs is 1. The molecule has 46 valence electrons. The quantitative estimate of drug-likeness (QED) is 0.583. The van der Waals surface area contributed by atoms with Gasteiger partial charge in [-0.05, 0) is 18.5 Å². The predicted molar refractivity (Wildman–Crippen MR) is 40.0 cm³/mol. The number of aromatic nitrogens is 2. The predicted octanol–water partition coefficient (Wildman–Crippen LogP) is 2.06. The van der Waals surface area contributed by atoms with Crippen LogP contribution in [0.1, 0.15) is 4.88 Å². The number of nitrogens with zero attached hydrogens (tertiary/aromatic N) is 2. The van der Waals surface area contributed by atoms with Gasteiger partial charge in [-0.25, -0.2) is 0 Å². The molecule has 0 bridgehead atoms. The second kappa shape index (κ2) is 1.75. The molecule has 0 atom stereocenters. The molecule has 4 heteroatoms. The number of hydrogen-bond donors (Lipinski definition) is 0. The van der Waals surface area contributed by atoms with Crippen LogP contribution in [-0.2, 0) is 0 Å². The van der Waals surface area contributed by atoms with E-state index in [1.807, 2.05) is 5.38 Å². The van der Waals surface area contributed by atoms with Crippen molar-refractivity contribution in [1.29, 1.82) is 0 Å². The van der Waals surface area contributed by atoms with Crippen LogP contribution in [-0.4, -0.2) is 9.59 Å². The summed E-state index contributed by atoms with van der Waals surface area (Å²) in [5.74, 6) is 0. The standard InChI is InChI=1S/C5H4N2S2/c1-3-5-4(2-8-3)6-7-9-5/h2H,1H3. The Kier molecular flexibility index (Phi) is 1.03. The first kappa shape index (κ1) is 5.32. The molecular weight excluding hydrogens is 152 g/mol. The van der Waals surface area contributed by atoms with Gasteiger partial charge in [0.05, 0.1) is 4.70 Å². The number of hydrogen-bond acceptors (Lipinski definition) is 4. The first-order chi connectivity index (χ1) is 4.38. The van der Waals surface area contributed by atoms with Gasteiger partial charge in [-0.15, -0.1) is 16.4 Å². The molecule has 2 aromatic rings. The normalized spacial score (nSPS) is 10.8. The van der Waals surface area contributed by atoms with E-state index < -0.39 is 0 Å². The van der Waals surface area contributed by atoms with Crippen molar-refractivity contribution in [3.8, 4) is 0 Å². The first-order valence-electron chi connectivity index (χ1n) is 2.54. The molecule has 0 radical (unpaired) electrons. The maximum Gasteiger partial charge on any atom is 0.116 e. The number of aryl methyl sites for hydroxylation is 1. The van der Waals surface area contributed by atoms with Crippen molar-refractivity contribution in [3.05, 3.63) is 10.3 Å². The van der Waals surface area contributed by atoms with E-state index in [1.54, 1.807) is 11.3 Å². The molecule has 0 N–H and O–H groups in total. The topological polar surface area (TPSA) is 25.8 Å². The summed E-state index contributed by atoms with van der Waals surface area (Å²) in [7, 11) is 0. The minimum atomic E-state index is 1.04. The maximum absolute atomic E-state index is 3.92. The summed E-state index contributed by atoms with van der Waals surface area (Å²) >= 11 is 3.20. The molecule has 2 aromatic heterocycles. The summed E-state index contributed by atoms with van der Waals surface area (Å²) in [6.07, 6.45) is 0. The molecule has 0 saturated heterocycles. The minimum Gasteiger partial charge on any atom is -0.145 e. The van der Waals surface area contributed by atoms with Crippen LogP contribution in [0.25, 0.3) is 10.2 Å². The van der Waals surface area contributed by atoms with Crippen molar-refractivity contribution in [2.24, 2.45) is 0 Å². The summed E-state index contributed by atoms with van der Waals surface area (Å²) in [4.78, 5) is 1.32. The van der Waals surface area contributed by atoms with Crippen molar-refractivity contribution in [3.63, 3.8) is 0 Å². The van der Waals surface area contributed by atoms with Crippen molar-refractivity contribution >= 4 is 33.1 Å². The largest absolute Gasteiger partial charge is 0.145 e. The summed E-state index contributed by atoms with van der Waals surface area (Å²) in [5.41, 5.74) is 1.04.